The number of ketones is 1. The van der Waals surface area contributed by atoms with Gasteiger partial charge in [0.05, 0.1) is 6.54 Å². The van der Waals surface area contributed by atoms with Crippen molar-refractivity contribution in [2.24, 2.45) is 5.10 Å². The predicted octanol–water partition coefficient (Wildman–Crippen LogP) is 3.68. The number of Topliss-reactive ketones (excluding diaryl/α,β-unsaturated/α-hetero) is 1. The maximum Gasteiger partial charge on any atom is 0.175 e. The number of hydrogen-bond acceptors (Lipinski definition) is 3. The van der Waals surface area contributed by atoms with Crippen molar-refractivity contribution in [3.05, 3.63) is 35.9 Å². The molecular formula is C15H24N2OSi. The van der Waals surface area contributed by atoms with Crippen molar-refractivity contribution in [1.82, 2.24) is 4.67 Å². The highest BCUT2D eigenvalue weighted by molar-refractivity contribution is 6.73. The number of nitrogens with zero attached hydrogens (tertiary/aromatic N) is 2. The van der Waals surface area contributed by atoms with E-state index in [0.717, 1.165) is 6.54 Å². The maximum atomic E-state index is 11.5. The molecule has 0 radical (unpaired) electrons. The van der Waals surface area contributed by atoms with Crippen LogP contribution in [0.25, 0.3) is 0 Å². The first kappa shape index (κ1) is 15.6. The highest BCUT2D eigenvalue weighted by Crippen LogP contribution is 2.15. The standard InChI is InChI=1S/C15H24N2OSi/c1-6-15(13(2)18)16-17(19(3,4)5)12-14-10-8-7-9-11-14/h7-11H,6,12H2,1-5H3/b16-15+. The lowest BCUT2D eigenvalue weighted by Gasteiger charge is -2.32. The third-order valence-electron chi connectivity index (χ3n) is 2.93. The monoisotopic (exact) mass is 276 g/mol. The van der Waals surface area contributed by atoms with Crippen LogP contribution in [-0.4, -0.2) is 24.4 Å². The second-order valence-electron chi connectivity index (χ2n) is 5.67. The normalized spacial score (nSPS) is 12.4. The second kappa shape index (κ2) is 6.66. The molecule has 104 valence electrons. The Morgan fingerprint density at radius 1 is 1.21 bits per heavy atom. The van der Waals surface area contributed by atoms with Gasteiger partial charge in [-0.15, -0.1) is 0 Å². The van der Waals surface area contributed by atoms with Crippen molar-refractivity contribution in [3.63, 3.8) is 0 Å². The highest BCUT2D eigenvalue weighted by atomic mass is 28.3. The van der Waals surface area contributed by atoms with Crippen LogP contribution in [0.2, 0.25) is 19.6 Å². The molecule has 1 rings (SSSR count). The predicted molar refractivity (Wildman–Crippen MR) is 83.7 cm³/mol. The molecular weight excluding hydrogens is 252 g/mol. The molecule has 0 amide bonds. The zero-order chi connectivity index (χ0) is 14.5. The zero-order valence-corrected chi connectivity index (χ0v) is 13.6. The minimum Gasteiger partial charge on any atom is -0.320 e. The number of carbonyl (C=O) groups is 1. The van der Waals surface area contributed by atoms with E-state index < -0.39 is 8.24 Å². The maximum absolute atomic E-state index is 11.5. The molecule has 0 fully saturated rings. The molecule has 19 heavy (non-hydrogen) atoms. The molecule has 0 unspecified atom stereocenters. The molecule has 0 aliphatic rings. The van der Waals surface area contributed by atoms with E-state index in [1.165, 1.54) is 5.56 Å². The number of hydrogen-bond donors (Lipinski definition) is 0. The number of rotatable bonds is 6. The fourth-order valence-corrected chi connectivity index (χ4v) is 2.79. The van der Waals surface area contributed by atoms with Gasteiger partial charge >= 0.3 is 0 Å². The number of hydrazone groups is 1. The van der Waals surface area contributed by atoms with Gasteiger partial charge in [-0.25, -0.2) is 0 Å². The van der Waals surface area contributed by atoms with Gasteiger partial charge in [0.2, 0.25) is 0 Å². The lowest BCUT2D eigenvalue weighted by Crippen LogP contribution is -2.42. The molecule has 4 heteroatoms. The lowest BCUT2D eigenvalue weighted by molar-refractivity contribution is -0.111. The third-order valence-corrected chi connectivity index (χ3v) is 4.74. The van der Waals surface area contributed by atoms with E-state index in [-0.39, 0.29) is 5.78 Å². The Morgan fingerprint density at radius 2 is 1.79 bits per heavy atom. The first-order valence-corrected chi connectivity index (χ1v) is 10.2. The van der Waals surface area contributed by atoms with Crippen molar-refractivity contribution < 1.29 is 4.79 Å². The van der Waals surface area contributed by atoms with Gasteiger partial charge in [0.25, 0.3) is 0 Å². The summed E-state index contributed by atoms with van der Waals surface area (Å²) in [6.45, 7) is 11.1. The zero-order valence-electron chi connectivity index (χ0n) is 12.6. The van der Waals surface area contributed by atoms with Crippen LogP contribution in [0.1, 0.15) is 25.8 Å². The van der Waals surface area contributed by atoms with Crippen molar-refractivity contribution in [1.29, 1.82) is 0 Å². The van der Waals surface area contributed by atoms with Crippen LogP contribution in [0.15, 0.2) is 35.4 Å². The van der Waals surface area contributed by atoms with Crippen molar-refractivity contribution in [2.45, 2.75) is 46.5 Å². The molecule has 0 saturated carbocycles. The van der Waals surface area contributed by atoms with Crippen LogP contribution in [0.3, 0.4) is 0 Å². The summed E-state index contributed by atoms with van der Waals surface area (Å²) in [7, 11) is -1.60. The van der Waals surface area contributed by atoms with Gasteiger partial charge in [0.15, 0.2) is 14.0 Å². The molecule has 0 heterocycles. The van der Waals surface area contributed by atoms with Crippen LogP contribution in [0.5, 0.6) is 0 Å². The van der Waals surface area contributed by atoms with Crippen molar-refractivity contribution in [2.75, 3.05) is 0 Å². The topological polar surface area (TPSA) is 32.7 Å². The molecule has 3 nitrogen and oxygen atoms in total. The fourth-order valence-electron chi connectivity index (χ4n) is 1.71. The van der Waals surface area contributed by atoms with E-state index in [1.807, 2.05) is 25.1 Å². The van der Waals surface area contributed by atoms with Gasteiger partial charge in [-0.1, -0.05) is 56.9 Å². The first-order valence-electron chi connectivity index (χ1n) is 6.74. The summed E-state index contributed by atoms with van der Waals surface area (Å²) in [6.07, 6.45) is 0.686. The van der Waals surface area contributed by atoms with Crippen LogP contribution in [-0.2, 0) is 11.3 Å². The van der Waals surface area contributed by atoms with Gasteiger partial charge in [0.1, 0.15) is 5.71 Å². The minimum atomic E-state index is -1.60. The number of carbonyl (C=O) groups excluding carboxylic acids is 1. The van der Waals surface area contributed by atoms with Crippen LogP contribution < -0.4 is 0 Å². The Hall–Kier alpha value is -1.42. The molecule has 0 aliphatic carbocycles. The number of benzene rings is 1. The first-order chi connectivity index (χ1) is 8.84. The minimum absolute atomic E-state index is 0.0683. The van der Waals surface area contributed by atoms with Crippen molar-refractivity contribution >= 4 is 19.7 Å². The van der Waals surface area contributed by atoms with Gasteiger partial charge in [-0.3, -0.25) is 4.79 Å². The summed E-state index contributed by atoms with van der Waals surface area (Å²) in [6, 6.07) is 10.3. The quantitative estimate of drug-likeness (QED) is 0.451. The Bertz CT molecular complexity index is 449. The Labute approximate surface area is 117 Å². The van der Waals surface area contributed by atoms with Crippen LogP contribution in [0.4, 0.5) is 0 Å². The Balaban J connectivity index is 3.00. The third kappa shape index (κ3) is 4.99. The molecule has 0 N–H and O–H groups in total. The Kier molecular flexibility index (Phi) is 5.48. The lowest BCUT2D eigenvalue weighted by atomic mass is 10.2. The average Bonchev–Trinajstić information content (AvgIpc) is 2.33. The average molecular weight is 276 g/mol. The van der Waals surface area contributed by atoms with E-state index in [4.69, 9.17) is 0 Å². The Morgan fingerprint density at radius 3 is 2.21 bits per heavy atom. The summed E-state index contributed by atoms with van der Waals surface area (Å²) in [5.74, 6) is 0.0683. The molecule has 0 spiro atoms. The summed E-state index contributed by atoms with van der Waals surface area (Å²) in [5.41, 5.74) is 1.89. The molecule has 1 aromatic carbocycles. The van der Waals surface area contributed by atoms with Gasteiger partial charge in [0, 0.05) is 6.92 Å². The largest absolute Gasteiger partial charge is 0.320 e. The SMILES string of the molecule is CC/C(=N\N(Cc1ccccc1)[Si](C)(C)C)C(C)=O. The molecule has 0 atom stereocenters. The van der Waals surface area contributed by atoms with E-state index in [9.17, 15) is 4.79 Å². The van der Waals surface area contributed by atoms with E-state index in [2.05, 4.69) is 41.5 Å². The van der Waals surface area contributed by atoms with E-state index in [0.29, 0.717) is 12.1 Å². The van der Waals surface area contributed by atoms with Crippen LogP contribution >= 0.6 is 0 Å². The molecule has 0 aromatic heterocycles. The summed E-state index contributed by atoms with van der Waals surface area (Å²) < 4.78 is 2.13. The van der Waals surface area contributed by atoms with Crippen LogP contribution in [0, 0.1) is 0 Å². The van der Waals surface area contributed by atoms with Gasteiger partial charge in [-0.2, -0.15) is 5.10 Å². The van der Waals surface area contributed by atoms with Crippen molar-refractivity contribution in [3.8, 4) is 0 Å². The van der Waals surface area contributed by atoms with Gasteiger partial charge in [-0.05, 0) is 12.0 Å². The van der Waals surface area contributed by atoms with Gasteiger partial charge < -0.3 is 4.67 Å². The molecule has 0 aliphatic heterocycles. The highest BCUT2D eigenvalue weighted by Gasteiger charge is 2.24. The smallest absolute Gasteiger partial charge is 0.175 e. The summed E-state index contributed by atoms with van der Waals surface area (Å²) >= 11 is 0. The molecule has 0 bridgehead atoms. The second-order valence-corrected chi connectivity index (χ2v) is 10.5. The molecule has 0 saturated heterocycles. The van der Waals surface area contributed by atoms with E-state index in [1.54, 1.807) is 6.92 Å². The summed E-state index contributed by atoms with van der Waals surface area (Å²) in [5, 5.41) is 4.62. The van der Waals surface area contributed by atoms with E-state index >= 15 is 0 Å². The summed E-state index contributed by atoms with van der Waals surface area (Å²) in [4.78, 5) is 11.5. The fraction of sp³-hybridized carbons (Fsp3) is 0.467. The molecule has 1 aromatic rings.